The molecule has 10 heteroatoms. The number of benzene rings is 2. The highest BCUT2D eigenvalue weighted by molar-refractivity contribution is 5.94. The molecule has 3 aromatic rings. The number of ether oxygens (including phenoxy) is 1. The number of nitrogens with zero attached hydrogens (tertiary/aromatic N) is 7. The van der Waals surface area contributed by atoms with Gasteiger partial charge in [0.1, 0.15) is 12.4 Å². The van der Waals surface area contributed by atoms with Gasteiger partial charge < -0.3 is 24.5 Å². The summed E-state index contributed by atoms with van der Waals surface area (Å²) in [6.45, 7) is 7.53. The molecule has 0 bridgehead atoms. The Kier molecular flexibility index (Phi) is 7.79. The maximum atomic E-state index is 11.8. The Morgan fingerprint density at radius 1 is 1.07 bits per heavy atom. The molecule has 2 unspecified atom stereocenters. The fourth-order valence-corrected chi connectivity index (χ4v) is 6.65. The number of rotatable bonds is 7. The van der Waals surface area contributed by atoms with Gasteiger partial charge in [0, 0.05) is 48.9 Å². The van der Waals surface area contributed by atoms with Gasteiger partial charge in [0.05, 0.1) is 30.8 Å². The number of likely N-dealkylation sites (tertiary alicyclic amines) is 1. The predicted molar refractivity (Wildman–Crippen MR) is 157 cm³/mol. The van der Waals surface area contributed by atoms with Crippen LogP contribution in [0.4, 0.5) is 16.3 Å². The van der Waals surface area contributed by atoms with Crippen LogP contribution < -0.4 is 14.5 Å². The van der Waals surface area contributed by atoms with Crippen LogP contribution in [0.1, 0.15) is 37.4 Å². The number of likely N-dealkylation sites (N-methyl/N-ethyl adjacent to an activating group) is 1. The van der Waals surface area contributed by atoms with Crippen LogP contribution >= 0.6 is 0 Å². The van der Waals surface area contributed by atoms with Gasteiger partial charge in [-0.3, -0.25) is 4.90 Å². The smallest absolute Gasteiger partial charge is 0.407 e. The number of anilines is 2. The topological polar surface area (TPSA) is 109 Å². The van der Waals surface area contributed by atoms with Crippen molar-refractivity contribution >= 4 is 28.4 Å². The summed E-state index contributed by atoms with van der Waals surface area (Å²) in [7, 11) is 0. The molecule has 0 saturated carbocycles. The molecule has 1 aromatic heterocycles. The van der Waals surface area contributed by atoms with E-state index in [-0.39, 0.29) is 6.42 Å². The first-order valence-electron chi connectivity index (χ1n) is 14.7. The molecule has 6 rings (SSSR count). The molecule has 1 N–H and O–H groups in total. The second kappa shape index (κ2) is 11.8. The lowest BCUT2D eigenvalue weighted by molar-refractivity contribution is 0.119. The Morgan fingerprint density at radius 3 is 2.76 bits per heavy atom. The van der Waals surface area contributed by atoms with Crippen LogP contribution in [0.2, 0.25) is 0 Å². The maximum Gasteiger partial charge on any atom is 0.407 e. The van der Waals surface area contributed by atoms with E-state index in [2.05, 4.69) is 70.2 Å². The fraction of sp³-hybridized carbons (Fsp3) is 0.484. The van der Waals surface area contributed by atoms with Gasteiger partial charge in [-0.2, -0.15) is 15.2 Å². The lowest BCUT2D eigenvalue weighted by Crippen LogP contribution is -2.55. The average Bonchev–Trinajstić information content (AvgIpc) is 3.47. The lowest BCUT2D eigenvalue weighted by atomic mass is 10.0. The normalized spacial score (nSPS) is 21.1. The molecule has 2 fully saturated rings. The van der Waals surface area contributed by atoms with Gasteiger partial charge in [-0.15, -0.1) is 0 Å². The molecule has 2 aromatic carbocycles. The number of hydrogen-bond donors (Lipinski definition) is 1. The van der Waals surface area contributed by atoms with Gasteiger partial charge in [-0.25, -0.2) is 4.79 Å². The number of carboxylic acid groups (broad SMARTS) is 1. The minimum atomic E-state index is -0.985. The van der Waals surface area contributed by atoms with E-state index in [1.54, 1.807) is 0 Å². The molecule has 10 nitrogen and oxygen atoms in total. The second-order valence-corrected chi connectivity index (χ2v) is 11.1. The first kappa shape index (κ1) is 27.1. The van der Waals surface area contributed by atoms with Crippen molar-refractivity contribution in [1.82, 2.24) is 19.8 Å². The summed E-state index contributed by atoms with van der Waals surface area (Å²) in [4.78, 5) is 30.1. The number of amides is 1. The first-order valence-corrected chi connectivity index (χ1v) is 14.7. The number of piperazine rings is 1. The van der Waals surface area contributed by atoms with Gasteiger partial charge in [0.25, 0.3) is 0 Å². The zero-order valence-corrected chi connectivity index (χ0v) is 23.6. The molecule has 1 amide bonds. The van der Waals surface area contributed by atoms with Crippen molar-refractivity contribution in [1.29, 1.82) is 5.26 Å². The van der Waals surface area contributed by atoms with Crippen molar-refractivity contribution < 1.29 is 14.6 Å². The minimum Gasteiger partial charge on any atom is -0.465 e. The van der Waals surface area contributed by atoms with Crippen molar-refractivity contribution in [3.63, 3.8) is 0 Å². The molecule has 4 heterocycles. The third kappa shape index (κ3) is 5.46. The summed E-state index contributed by atoms with van der Waals surface area (Å²) >= 11 is 0. The Hall–Kier alpha value is -4.10. The summed E-state index contributed by atoms with van der Waals surface area (Å²) in [5, 5.41) is 21.5. The van der Waals surface area contributed by atoms with Crippen molar-refractivity contribution in [2.24, 2.45) is 0 Å². The fourth-order valence-electron chi connectivity index (χ4n) is 6.65. The Bertz CT molecular complexity index is 1450. The molecule has 2 saturated heterocycles. The third-order valence-electron chi connectivity index (χ3n) is 8.80. The maximum absolute atomic E-state index is 11.8. The van der Waals surface area contributed by atoms with Crippen LogP contribution in [-0.2, 0) is 13.0 Å². The highest BCUT2D eigenvalue weighted by atomic mass is 16.5. The van der Waals surface area contributed by atoms with Gasteiger partial charge >= 0.3 is 12.1 Å². The Balaban J connectivity index is 1.32. The summed E-state index contributed by atoms with van der Waals surface area (Å²) in [6.07, 6.45) is 2.20. The molecule has 0 spiro atoms. The van der Waals surface area contributed by atoms with E-state index in [1.807, 2.05) is 0 Å². The van der Waals surface area contributed by atoms with Crippen LogP contribution in [0.5, 0.6) is 6.01 Å². The number of carbonyl (C=O) groups is 1. The highest BCUT2D eigenvalue weighted by Gasteiger charge is 2.34. The predicted octanol–water partition coefficient (Wildman–Crippen LogP) is 4.14. The highest BCUT2D eigenvalue weighted by Crippen LogP contribution is 2.35. The number of aromatic nitrogens is 2. The van der Waals surface area contributed by atoms with Crippen molar-refractivity contribution in [3.8, 4) is 12.1 Å². The largest absolute Gasteiger partial charge is 0.465 e. The van der Waals surface area contributed by atoms with Crippen LogP contribution in [0, 0.1) is 11.3 Å². The molecular weight excluding hydrogens is 518 g/mol. The standard InChI is InChI=1S/C31H37N7O3/c1-2-35-15-6-9-24(35)21-41-30-33-27-20-36(28-11-5-8-22-7-3-4-10-25(22)28)16-13-26(27)29(34-30)37-17-18-38(31(39)40)23(19-37)12-14-32/h3-5,7-8,10-11,23-24H,2,6,9,12-13,15-21H2,1H3,(H,39,40). The zero-order valence-electron chi connectivity index (χ0n) is 23.6. The summed E-state index contributed by atoms with van der Waals surface area (Å²) in [5.41, 5.74) is 3.22. The molecule has 2 atom stereocenters. The molecule has 0 radical (unpaired) electrons. The van der Waals surface area contributed by atoms with Crippen LogP contribution in [-0.4, -0.2) is 88.9 Å². The third-order valence-corrected chi connectivity index (χ3v) is 8.80. The van der Waals surface area contributed by atoms with Gasteiger partial charge in [0.2, 0.25) is 0 Å². The first-order chi connectivity index (χ1) is 20.1. The number of hydrogen-bond acceptors (Lipinski definition) is 8. The number of nitriles is 1. The van der Waals surface area contributed by atoms with E-state index in [0.29, 0.717) is 44.8 Å². The lowest BCUT2D eigenvalue weighted by Gasteiger charge is -2.41. The Labute approximate surface area is 240 Å². The number of fused-ring (bicyclic) bond motifs is 2. The Morgan fingerprint density at radius 2 is 1.93 bits per heavy atom. The minimum absolute atomic E-state index is 0.142. The van der Waals surface area contributed by atoms with E-state index in [9.17, 15) is 15.2 Å². The monoisotopic (exact) mass is 555 g/mol. The van der Waals surface area contributed by atoms with Crippen LogP contribution in [0.3, 0.4) is 0 Å². The van der Waals surface area contributed by atoms with E-state index in [1.165, 1.54) is 27.8 Å². The zero-order chi connectivity index (χ0) is 28.3. The van der Waals surface area contributed by atoms with E-state index < -0.39 is 12.1 Å². The SMILES string of the molecule is CCN1CCCC1COc1nc2c(c(N3CCN(C(=O)O)C(CC#N)C3)n1)CCN(c1cccc3ccccc13)C2. The van der Waals surface area contributed by atoms with Gasteiger partial charge in [0.15, 0.2) is 0 Å². The van der Waals surface area contributed by atoms with Gasteiger partial charge in [-0.05, 0) is 43.8 Å². The molecule has 3 aliphatic heterocycles. The summed E-state index contributed by atoms with van der Waals surface area (Å²) in [6, 6.07) is 17.3. The van der Waals surface area contributed by atoms with Crippen molar-refractivity contribution in [2.75, 3.05) is 55.7 Å². The molecule has 3 aliphatic rings. The van der Waals surface area contributed by atoms with Gasteiger partial charge in [-0.1, -0.05) is 43.3 Å². The van der Waals surface area contributed by atoms with Crippen molar-refractivity contribution in [3.05, 3.63) is 53.7 Å². The van der Waals surface area contributed by atoms with Crippen LogP contribution in [0.25, 0.3) is 10.8 Å². The molecule has 41 heavy (non-hydrogen) atoms. The second-order valence-electron chi connectivity index (χ2n) is 11.1. The summed E-state index contributed by atoms with van der Waals surface area (Å²) < 4.78 is 6.30. The van der Waals surface area contributed by atoms with E-state index in [4.69, 9.17) is 14.7 Å². The van der Waals surface area contributed by atoms with E-state index >= 15 is 0 Å². The molecule has 214 valence electrons. The molecular formula is C31H37N7O3. The van der Waals surface area contributed by atoms with Crippen molar-refractivity contribution in [2.45, 2.75) is 51.2 Å². The average molecular weight is 556 g/mol. The van der Waals surface area contributed by atoms with Crippen LogP contribution in [0.15, 0.2) is 42.5 Å². The summed E-state index contributed by atoms with van der Waals surface area (Å²) in [5.74, 6) is 0.814. The quantitative estimate of drug-likeness (QED) is 0.460. The van der Waals surface area contributed by atoms with E-state index in [0.717, 1.165) is 49.6 Å². The molecule has 0 aliphatic carbocycles.